The lowest BCUT2D eigenvalue weighted by Crippen LogP contribution is -2.61. The van der Waals surface area contributed by atoms with E-state index in [1.54, 1.807) is 13.1 Å². The molecule has 4 fully saturated rings. The Hall–Kier alpha value is -2.88. The van der Waals surface area contributed by atoms with Crippen molar-refractivity contribution in [3.05, 3.63) is 36.0 Å². The van der Waals surface area contributed by atoms with Crippen LogP contribution in [-0.2, 0) is 31.5 Å². The van der Waals surface area contributed by atoms with E-state index < -0.39 is 40.4 Å². The molecule has 0 radical (unpaired) electrons. The number of hydrogen-bond donors (Lipinski definition) is 4. The molecule has 4 aliphatic carbocycles. The molecule has 1 aromatic heterocycles. The summed E-state index contributed by atoms with van der Waals surface area (Å²) in [5.74, 6) is 0.521. The number of ether oxygens (including phenoxy) is 1. The summed E-state index contributed by atoms with van der Waals surface area (Å²) in [7, 11) is -1.20. The van der Waals surface area contributed by atoms with Gasteiger partial charge in [0.2, 0.25) is 5.91 Å². The Kier molecular flexibility index (Phi) is 7.53. The van der Waals surface area contributed by atoms with E-state index in [0.29, 0.717) is 11.8 Å². The Labute approximate surface area is 224 Å². The van der Waals surface area contributed by atoms with Crippen molar-refractivity contribution >= 4 is 39.7 Å². The molecule has 206 valence electrons. The van der Waals surface area contributed by atoms with Crippen molar-refractivity contribution in [3.8, 4) is 0 Å². The van der Waals surface area contributed by atoms with E-state index in [1.165, 1.54) is 12.7 Å². The maximum absolute atomic E-state index is 13.6. The molecule has 10 heteroatoms. The van der Waals surface area contributed by atoms with Crippen LogP contribution in [0.5, 0.6) is 0 Å². The molecule has 9 nitrogen and oxygen atoms in total. The molecule has 0 aliphatic heterocycles. The van der Waals surface area contributed by atoms with Gasteiger partial charge in [0.15, 0.2) is 0 Å². The second-order valence-corrected chi connectivity index (χ2v) is 13.3. The molecule has 3 atom stereocenters. The summed E-state index contributed by atoms with van der Waals surface area (Å²) in [4.78, 5) is 42.0. The number of H-pyrrole nitrogens is 1. The van der Waals surface area contributed by atoms with Crippen molar-refractivity contribution in [2.75, 3.05) is 12.0 Å². The first-order valence-corrected chi connectivity index (χ1v) is 15.2. The van der Waals surface area contributed by atoms with Crippen molar-refractivity contribution in [3.63, 3.8) is 0 Å². The first-order valence-electron chi connectivity index (χ1n) is 13.5. The number of nitrogens with one attached hydrogen (secondary N) is 3. The largest absolute Gasteiger partial charge is 0.480 e. The third-order valence-corrected chi connectivity index (χ3v) is 9.59. The number of carboxylic acids is 1. The predicted octanol–water partition coefficient (Wildman–Crippen LogP) is 3.36. The highest BCUT2D eigenvalue weighted by Gasteiger charge is 2.50. The average Bonchev–Trinajstić information content (AvgIpc) is 3.25. The zero-order valence-corrected chi connectivity index (χ0v) is 22.7. The molecule has 4 saturated carbocycles. The highest BCUT2D eigenvalue weighted by Crippen LogP contribution is 2.54. The fourth-order valence-electron chi connectivity index (χ4n) is 7.14. The Bertz CT molecular complexity index is 1220. The van der Waals surface area contributed by atoms with E-state index in [0.717, 1.165) is 54.0 Å². The minimum atomic E-state index is -1.48. The molecule has 1 heterocycles. The maximum atomic E-state index is 13.6. The fourth-order valence-corrected chi connectivity index (χ4v) is 7.71. The number of rotatable bonds is 10. The lowest BCUT2D eigenvalue weighted by Gasteiger charge is -2.53. The standard InChI is InChI=1S/C28H37N3O6S/c1-28(14-20-15-29-22-6-4-3-5-21(20)22,26(34)30-23(25(32)33)7-8-38(2)36)31-27(35)37-24-18-10-16-9-17(12-18)13-19(24)11-16/h3-6,15-19,23-24,29H,7-14H2,1-2H3,(H,30,34)(H,31,35)(H,32,33). The number of alkyl carbamates (subject to hydrolysis) is 1. The van der Waals surface area contributed by atoms with Crippen molar-refractivity contribution in [1.82, 2.24) is 15.6 Å². The summed E-state index contributed by atoms with van der Waals surface area (Å²) in [6.07, 6.45) is 8.32. The molecule has 0 spiro atoms. The molecule has 1 aromatic carbocycles. The maximum Gasteiger partial charge on any atom is 0.408 e. The summed E-state index contributed by atoms with van der Waals surface area (Å²) < 4.78 is 17.6. The predicted molar refractivity (Wildman–Crippen MR) is 144 cm³/mol. The number of para-hydroxylation sites is 1. The van der Waals surface area contributed by atoms with Gasteiger partial charge in [-0.15, -0.1) is 0 Å². The molecule has 38 heavy (non-hydrogen) atoms. The number of carboxylic acid groups (broad SMARTS) is 1. The van der Waals surface area contributed by atoms with E-state index in [2.05, 4.69) is 15.6 Å². The molecule has 4 aliphatic rings. The van der Waals surface area contributed by atoms with E-state index in [-0.39, 0.29) is 24.7 Å². The van der Waals surface area contributed by atoms with Crippen LogP contribution in [0.25, 0.3) is 10.9 Å². The lowest BCUT2D eigenvalue weighted by atomic mass is 9.55. The van der Waals surface area contributed by atoms with Gasteiger partial charge in [-0.05, 0) is 80.8 Å². The Balaban J connectivity index is 1.35. The number of amides is 2. The number of aromatic amines is 1. The van der Waals surface area contributed by atoms with E-state index in [9.17, 15) is 23.7 Å². The monoisotopic (exact) mass is 543 g/mol. The molecule has 3 unspecified atom stereocenters. The summed E-state index contributed by atoms with van der Waals surface area (Å²) in [5, 5.41) is 16.0. The van der Waals surface area contributed by atoms with Gasteiger partial charge in [0, 0.05) is 46.3 Å². The molecule has 0 saturated heterocycles. The van der Waals surface area contributed by atoms with Crippen LogP contribution in [0.2, 0.25) is 0 Å². The zero-order valence-electron chi connectivity index (χ0n) is 21.9. The molecule has 2 aromatic rings. The van der Waals surface area contributed by atoms with E-state index in [1.807, 2.05) is 24.3 Å². The smallest absolute Gasteiger partial charge is 0.408 e. The first kappa shape index (κ1) is 26.7. The second kappa shape index (κ2) is 10.7. The Morgan fingerprint density at radius 3 is 2.42 bits per heavy atom. The van der Waals surface area contributed by atoms with Gasteiger partial charge in [-0.3, -0.25) is 9.00 Å². The van der Waals surface area contributed by atoms with E-state index >= 15 is 0 Å². The summed E-state index contributed by atoms with van der Waals surface area (Å²) >= 11 is 0. The number of fused-ring (bicyclic) bond motifs is 1. The number of carbonyl (C=O) groups is 3. The van der Waals surface area contributed by atoms with Crippen molar-refractivity contribution in [2.45, 2.75) is 69.6 Å². The number of hydrogen-bond acceptors (Lipinski definition) is 5. The highest BCUT2D eigenvalue weighted by atomic mass is 32.2. The summed E-state index contributed by atoms with van der Waals surface area (Å²) in [5.41, 5.74) is 0.234. The van der Waals surface area contributed by atoms with Gasteiger partial charge in [-0.2, -0.15) is 0 Å². The Morgan fingerprint density at radius 2 is 1.79 bits per heavy atom. The van der Waals surface area contributed by atoms with Crippen LogP contribution in [0.1, 0.15) is 51.0 Å². The van der Waals surface area contributed by atoms with Crippen LogP contribution in [0.4, 0.5) is 4.79 Å². The number of aliphatic carboxylic acids is 1. The van der Waals surface area contributed by atoms with Gasteiger partial charge >= 0.3 is 12.1 Å². The SMILES string of the molecule is CS(=O)CCC(NC(=O)C(C)(Cc1c[nH]c2ccccc12)NC(=O)OC1C2CC3CC(C2)CC1C3)C(=O)O. The van der Waals surface area contributed by atoms with E-state index in [4.69, 9.17) is 4.74 Å². The van der Waals surface area contributed by atoms with Crippen molar-refractivity contribution in [2.24, 2.45) is 23.7 Å². The summed E-state index contributed by atoms with van der Waals surface area (Å²) in [6.45, 7) is 1.60. The molecule has 6 rings (SSSR count). The number of carbonyl (C=O) groups excluding carboxylic acids is 2. The first-order chi connectivity index (χ1) is 18.1. The zero-order chi connectivity index (χ0) is 27.0. The van der Waals surface area contributed by atoms with Crippen LogP contribution >= 0.6 is 0 Å². The summed E-state index contributed by atoms with van der Waals surface area (Å²) in [6, 6.07) is 6.44. The van der Waals surface area contributed by atoms with Crippen LogP contribution < -0.4 is 10.6 Å². The van der Waals surface area contributed by atoms with Crippen molar-refractivity contribution in [1.29, 1.82) is 0 Å². The van der Waals surface area contributed by atoms with Gasteiger partial charge in [0.25, 0.3) is 0 Å². The lowest BCUT2D eigenvalue weighted by molar-refractivity contribution is -0.143. The highest BCUT2D eigenvalue weighted by molar-refractivity contribution is 7.84. The van der Waals surface area contributed by atoms with Crippen molar-refractivity contribution < 1.29 is 28.4 Å². The van der Waals surface area contributed by atoms with Crippen LogP contribution in [0.3, 0.4) is 0 Å². The number of aromatic nitrogens is 1. The molecular weight excluding hydrogens is 506 g/mol. The average molecular weight is 544 g/mol. The third-order valence-electron chi connectivity index (χ3n) is 8.78. The third kappa shape index (κ3) is 5.60. The Morgan fingerprint density at radius 1 is 1.13 bits per heavy atom. The molecular formula is C28H37N3O6S. The fraction of sp³-hybridized carbons (Fsp3) is 0.607. The van der Waals surface area contributed by atoms with Crippen LogP contribution in [0, 0.1) is 23.7 Å². The van der Waals surface area contributed by atoms with Gasteiger partial charge in [0.1, 0.15) is 17.7 Å². The van der Waals surface area contributed by atoms with Gasteiger partial charge in [-0.25, -0.2) is 9.59 Å². The topological polar surface area (TPSA) is 138 Å². The number of benzene rings is 1. The quantitative estimate of drug-likeness (QED) is 0.363. The van der Waals surface area contributed by atoms with Gasteiger partial charge in [0.05, 0.1) is 0 Å². The second-order valence-electron chi connectivity index (χ2n) is 11.7. The van der Waals surface area contributed by atoms with Gasteiger partial charge < -0.3 is 25.5 Å². The molecule has 4 bridgehead atoms. The molecule has 2 amide bonds. The minimum Gasteiger partial charge on any atom is -0.480 e. The normalized spacial score (nSPS) is 28.8. The minimum absolute atomic E-state index is 0.0194. The van der Waals surface area contributed by atoms with Crippen LogP contribution in [0.15, 0.2) is 30.5 Å². The van der Waals surface area contributed by atoms with Gasteiger partial charge in [-0.1, -0.05) is 18.2 Å². The molecule has 4 N–H and O–H groups in total. The van der Waals surface area contributed by atoms with Crippen LogP contribution in [-0.4, -0.2) is 62.0 Å².